The molecular formula is C33H37BrN2O5. The summed E-state index contributed by atoms with van der Waals surface area (Å²) < 4.78 is 6.62. The van der Waals surface area contributed by atoms with Gasteiger partial charge in [-0.15, -0.1) is 0 Å². The Morgan fingerprint density at radius 1 is 0.927 bits per heavy atom. The van der Waals surface area contributed by atoms with Gasteiger partial charge in [0.05, 0.1) is 18.1 Å². The predicted octanol–water partition coefficient (Wildman–Crippen LogP) is 6.40. The molecule has 1 saturated carbocycles. The van der Waals surface area contributed by atoms with Crippen LogP contribution in [0.15, 0.2) is 59.1 Å². The van der Waals surface area contributed by atoms with E-state index in [-0.39, 0.29) is 6.42 Å². The van der Waals surface area contributed by atoms with Crippen molar-refractivity contribution in [3.05, 3.63) is 86.9 Å². The number of hydrogen-bond acceptors (Lipinski definition) is 5. The molecule has 0 saturated heterocycles. The molecule has 4 rings (SSSR count). The highest BCUT2D eigenvalue weighted by Crippen LogP contribution is 2.49. The fourth-order valence-electron chi connectivity index (χ4n) is 5.86. The van der Waals surface area contributed by atoms with Crippen molar-refractivity contribution in [2.75, 3.05) is 17.2 Å². The minimum atomic E-state index is -1.73. The summed E-state index contributed by atoms with van der Waals surface area (Å²) in [5.74, 6) is -4.43. The third-order valence-electron chi connectivity index (χ3n) is 7.74. The lowest BCUT2D eigenvalue weighted by Crippen LogP contribution is -2.56. The molecule has 2 amide bonds. The molecule has 1 fully saturated rings. The zero-order valence-electron chi connectivity index (χ0n) is 24.3. The number of ketones is 1. The van der Waals surface area contributed by atoms with Gasteiger partial charge in [0, 0.05) is 33.7 Å². The smallest absolute Gasteiger partial charge is 0.235 e. The summed E-state index contributed by atoms with van der Waals surface area (Å²) >= 11 is 3.51. The number of ether oxygens (including phenoxy) is 1. The SMILES string of the molecule is CCOc1ccc(Br)cc1C1C(C(=O)Nc2ccc(C)cc2C)C(=O)CC(C)(O)C1C(=O)Nc1ccc(C)cc1C. The van der Waals surface area contributed by atoms with Crippen LogP contribution in [0.25, 0.3) is 0 Å². The molecule has 0 aromatic heterocycles. The predicted molar refractivity (Wildman–Crippen MR) is 164 cm³/mol. The molecule has 216 valence electrons. The molecule has 0 heterocycles. The Kier molecular flexibility index (Phi) is 9.04. The number of hydrogen-bond donors (Lipinski definition) is 3. The van der Waals surface area contributed by atoms with Gasteiger partial charge in [-0.05, 0) is 83.0 Å². The monoisotopic (exact) mass is 620 g/mol. The molecule has 4 unspecified atom stereocenters. The lowest BCUT2D eigenvalue weighted by molar-refractivity contribution is -0.150. The number of aliphatic hydroxyl groups is 1. The highest BCUT2D eigenvalue weighted by molar-refractivity contribution is 9.10. The average Bonchev–Trinajstić information content (AvgIpc) is 2.87. The van der Waals surface area contributed by atoms with Gasteiger partial charge in [-0.1, -0.05) is 51.3 Å². The molecule has 1 aliphatic carbocycles. The van der Waals surface area contributed by atoms with Crippen LogP contribution in [-0.4, -0.2) is 34.9 Å². The fourth-order valence-corrected chi connectivity index (χ4v) is 6.24. The van der Waals surface area contributed by atoms with Crippen molar-refractivity contribution in [3.63, 3.8) is 0 Å². The maximum atomic E-state index is 14.1. The van der Waals surface area contributed by atoms with E-state index in [9.17, 15) is 19.5 Å². The lowest BCUT2D eigenvalue weighted by atomic mass is 9.61. The molecule has 0 radical (unpaired) electrons. The fraction of sp³-hybridized carbons (Fsp3) is 0.364. The van der Waals surface area contributed by atoms with Crippen molar-refractivity contribution >= 4 is 44.9 Å². The number of anilines is 2. The molecule has 3 aromatic rings. The second kappa shape index (κ2) is 12.2. The van der Waals surface area contributed by atoms with Crippen LogP contribution in [-0.2, 0) is 14.4 Å². The van der Waals surface area contributed by atoms with Crippen molar-refractivity contribution in [1.82, 2.24) is 0 Å². The first-order valence-corrected chi connectivity index (χ1v) is 14.5. The molecule has 0 aliphatic heterocycles. The number of Topliss-reactive ketones (excluding diaryl/α,β-unsaturated/α-hetero) is 1. The highest BCUT2D eigenvalue weighted by atomic mass is 79.9. The number of carbonyl (C=O) groups excluding carboxylic acids is 3. The number of carbonyl (C=O) groups is 3. The Morgan fingerprint density at radius 3 is 2.02 bits per heavy atom. The molecule has 1 aliphatic rings. The van der Waals surface area contributed by atoms with Gasteiger partial charge in [0.15, 0.2) is 0 Å². The van der Waals surface area contributed by atoms with E-state index in [1.54, 1.807) is 24.3 Å². The number of rotatable bonds is 7. The summed E-state index contributed by atoms with van der Waals surface area (Å²) in [6.45, 7) is 11.4. The van der Waals surface area contributed by atoms with Crippen molar-refractivity contribution in [1.29, 1.82) is 0 Å². The van der Waals surface area contributed by atoms with E-state index >= 15 is 0 Å². The summed E-state index contributed by atoms with van der Waals surface area (Å²) in [6, 6.07) is 16.6. The second-order valence-corrected chi connectivity index (χ2v) is 12.1. The zero-order chi connectivity index (χ0) is 30.1. The molecule has 0 bridgehead atoms. The molecule has 0 spiro atoms. The van der Waals surface area contributed by atoms with Gasteiger partial charge in [0.1, 0.15) is 17.5 Å². The van der Waals surface area contributed by atoms with Crippen LogP contribution in [0.4, 0.5) is 11.4 Å². The van der Waals surface area contributed by atoms with Crippen molar-refractivity contribution < 1.29 is 24.2 Å². The summed E-state index contributed by atoms with van der Waals surface area (Å²) in [4.78, 5) is 41.8. The average molecular weight is 622 g/mol. The number of halogens is 1. The van der Waals surface area contributed by atoms with Crippen LogP contribution in [0.5, 0.6) is 5.75 Å². The Labute approximate surface area is 249 Å². The highest BCUT2D eigenvalue weighted by Gasteiger charge is 2.56. The van der Waals surface area contributed by atoms with E-state index < -0.39 is 41.0 Å². The third-order valence-corrected chi connectivity index (χ3v) is 8.24. The zero-order valence-corrected chi connectivity index (χ0v) is 25.9. The molecule has 41 heavy (non-hydrogen) atoms. The quantitative estimate of drug-likeness (QED) is 0.265. The molecule has 7 nitrogen and oxygen atoms in total. The standard InChI is InChI=1S/C33H37BrN2O5/c1-7-41-27-13-10-22(34)16-23(27)28-29(31(38)35-24-11-8-18(2)14-20(24)4)26(37)17-33(6,40)30(28)32(39)36-25-12-9-19(3)15-21(25)5/h8-16,28-30,40H,7,17H2,1-6H3,(H,35,38)(H,36,39). The van der Waals surface area contributed by atoms with Crippen LogP contribution in [0.2, 0.25) is 0 Å². The maximum Gasteiger partial charge on any atom is 0.235 e. The number of nitrogens with one attached hydrogen (secondary N) is 2. The van der Waals surface area contributed by atoms with Crippen LogP contribution < -0.4 is 15.4 Å². The number of amides is 2. The molecular weight excluding hydrogens is 584 g/mol. The van der Waals surface area contributed by atoms with Gasteiger partial charge < -0.3 is 20.5 Å². The largest absolute Gasteiger partial charge is 0.494 e. The Bertz CT molecular complexity index is 1500. The van der Waals surface area contributed by atoms with E-state index in [2.05, 4.69) is 26.6 Å². The van der Waals surface area contributed by atoms with Crippen molar-refractivity contribution in [2.45, 2.75) is 59.5 Å². The van der Waals surface area contributed by atoms with Crippen molar-refractivity contribution in [2.24, 2.45) is 11.8 Å². The van der Waals surface area contributed by atoms with Gasteiger partial charge >= 0.3 is 0 Å². The topological polar surface area (TPSA) is 105 Å². The summed E-state index contributed by atoms with van der Waals surface area (Å²) in [5, 5.41) is 17.6. The molecule has 3 N–H and O–H groups in total. The van der Waals surface area contributed by atoms with Crippen LogP contribution >= 0.6 is 15.9 Å². The van der Waals surface area contributed by atoms with E-state index in [1.165, 1.54) is 6.92 Å². The summed E-state index contributed by atoms with van der Waals surface area (Å²) in [7, 11) is 0. The minimum absolute atomic E-state index is 0.338. The number of benzene rings is 3. The summed E-state index contributed by atoms with van der Waals surface area (Å²) in [5.41, 5.74) is 3.76. The lowest BCUT2D eigenvalue weighted by Gasteiger charge is -2.45. The van der Waals surface area contributed by atoms with Gasteiger partial charge in [-0.2, -0.15) is 0 Å². The van der Waals surface area contributed by atoms with E-state index in [1.807, 2.05) is 65.0 Å². The van der Waals surface area contributed by atoms with Crippen molar-refractivity contribution in [3.8, 4) is 5.75 Å². The first kappa shape index (κ1) is 30.5. The minimum Gasteiger partial charge on any atom is -0.494 e. The first-order chi connectivity index (χ1) is 19.3. The van der Waals surface area contributed by atoms with Gasteiger partial charge in [0.25, 0.3) is 0 Å². The maximum absolute atomic E-state index is 14.1. The molecule has 8 heteroatoms. The van der Waals surface area contributed by atoms with Gasteiger partial charge in [-0.3, -0.25) is 14.4 Å². The van der Waals surface area contributed by atoms with Crippen LogP contribution in [0.1, 0.15) is 54.0 Å². The Balaban J connectivity index is 1.86. The molecule has 4 atom stereocenters. The van der Waals surface area contributed by atoms with Gasteiger partial charge in [0.2, 0.25) is 11.8 Å². The van der Waals surface area contributed by atoms with E-state index in [4.69, 9.17) is 4.74 Å². The van der Waals surface area contributed by atoms with Crippen LogP contribution in [0.3, 0.4) is 0 Å². The van der Waals surface area contributed by atoms with Gasteiger partial charge in [-0.25, -0.2) is 0 Å². The molecule has 3 aromatic carbocycles. The third kappa shape index (κ3) is 6.54. The summed E-state index contributed by atoms with van der Waals surface area (Å²) in [6.07, 6.45) is -0.350. The van der Waals surface area contributed by atoms with E-state index in [0.717, 1.165) is 22.3 Å². The Hall–Kier alpha value is -3.49. The normalized spacial score (nSPS) is 22.2. The Morgan fingerprint density at radius 2 is 1.49 bits per heavy atom. The number of aryl methyl sites for hydroxylation is 4. The first-order valence-electron chi connectivity index (χ1n) is 13.8. The van der Waals surface area contributed by atoms with E-state index in [0.29, 0.717) is 33.8 Å². The second-order valence-electron chi connectivity index (χ2n) is 11.2. The van der Waals surface area contributed by atoms with Crippen LogP contribution in [0, 0.1) is 39.5 Å².